The first kappa shape index (κ1) is 7.32. The SMILES string of the molecule is [C-]#[N+]c1ccc2oc(Br)nc2c1. The molecule has 58 valence electrons. The minimum Gasteiger partial charge on any atom is -0.431 e. The zero-order valence-corrected chi connectivity index (χ0v) is 7.50. The van der Waals surface area contributed by atoms with Crippen molar-refractivity contribution in [2.45, 2.75) is 0 Å². The molecule has 0 radical (unpaired) electrons. The number of nitrogens with zero attached hydrogens (tertiary/aromatic N) is 2. The summed E-state index contributed by atoms with van der Waals surface area (Å²) in [6, 6.07) is 5.13. The number of aromatic nitrogens is 1. The lowest BCUT2D eigenvalue weighted by Crippen LogP contribution is -1.65. The predicted molar refractivity (Wildman–Crippen MR) is 48.0 cm³/mol. The van der Waals surface area contributed by atoms with E-state index in [0.717, 1.165) is 0 Å². The quantitative estimate of drug-likeness (QED) is 0.642. The molecule has 0 aliphatic rings. The maximum Gasteiger partial charge on any atom is 0.265 e. The van der Waals surface area contributed by atoms with Gasteiger partial charge in [-0.2, -0.15) is 0 Å². The monoisotopic (exact) mass is 222 g/mol. The Labute approximate surface area is 77.0 Å². The first-order valence-electron chi connectivity index (χ1n) is 3.23. The Bertz CT molecular complexity index is 469. The van der Waals surface area contributed by atoms with Crippen molar-refractivity contribution in [1.29, 1.82) is 0 Å². The summed E-state index contributed by atoms with van der Waals surface area (Å²) in [7, 11) is 0. The molecule has 0 spiro atoms. The Morgan fingerprint density at radius 2 is 2.33 bits per heavy atom. The molecule has 1 aromatic carbocycles. The third kappa shape index (κ3) is 1.08. The van der Waals surface area contributed by atoms with E-state index in [4.69, 9.17) is 11.0 Å². The predicted octanol–water partition coefficient (Wildman–Crippen LogP) is 3.14. The summed E-state index contributed by atoms with van der Waals surface area (Å²) in [6.45, 7) is 6.78. The van der Waals surface area contributed by atoms with Crippen LogP contribution in [0.4, 0.5) is 5.69 Å². The summed E-state index contributed by atoms with van der Waals surface area (Å²) in [5, 5.41) is 0. The van der Waals surface area contributed by atoms with Gasteiger partial charge in [-0.1, -0.05) is 6.07 Å². The van der Waals surface area contributed by atoms with Crippen molar-refractivity contribution in [3.8, 4) is 0 Å². The molecule has 0 aliphatic heterocycles. The van der Waals surface area contributed by atoms with Gasteiger partial charge in [0, 0.05) is 15.9 Å². The van der Waals surface area contributed by atoms with Gasteiger partial charge in [0.25, 0.3) is 4.80 Å². The molecule has 1 aromatic heterocycles. The third-order valence-corrected chi connectivity index (χ3v) is 1.81. The third-order valence-electron chi connectivity index (χ3n) is 1.47. The maximum absolute atomic E-state index is 6.78. The fraction of sp³-hybridized carbons (Fsp3) is 0. The molecule has 2 rings (SSSR count). The number of rotatable bonds is 0. The normalized spacial score (nSPS) is 10.0. The zero-order chi connectivity index (χ0) is 8.55. The first-order chi connectivity index (χ1) is 5.79. The highest BCUT2D eigenvalue weighted by molar-refractivity contribution is 9.10. The molecule has 3 nitrogen and oxygen atoms in total. The fourth-order valence-electron chi connectivity index (χ4n) is 0.957. The zero-order valence-electron chi connectivity index (χ0n) is 5.91. The minimum atomic E-state index is 0.444. The van der Waals surface area contributed by atoms with Crippen molar-refractivity contribution in [2.75, 3.05) is 0 Å². The van der Waals surface area contributed by atoms with Crippen LogP contribution in [0.25, 0.3) is 15.9 Å². The van der Waals surface area contributed by atoms with Crippen LogP contribution in [-0.4, -0.2) is 4.98 Å². The smallest absolute Gasteiger partial charge is 0.265 e. The van der Waals surface area contributed by atoms with E-state index in [0.29, 0.717) is 21.6 Å². The van der Waals surface area contributed by atoms with E-state index >= 15 is 0 Å². The molecule has 2 aromatic rings. The van der Waals surface area contributed by atoms with Crippen molar-refractivity contribution < 1.29 is 4.42 Å². The van der Waals surface area contributed by atoms with Crippen LogP contribution in [0.2, 0.25) is 0 Å². The van der Waals surface area contributed by atoms with E-state index in [1.807, 2.05) is 0 Å². The van der Waals surface area contributed by atoms with Gasteiger partial charge in [0.2, 0.25) is 0 Å². The summed E-state index contributed by atoms with van der Waals surface area (Å²) in [5.41, 5.74) is 1.97. The van der Waals surface area contributed by atoms with Gasteiger partial charge in [0.05, 0.1) is 12.1 Å². The second kappa shape index (κ2) is 2.61. The van der Waals surface area contributed by atoms with Gasteiger partial charge in [-0.25, -0.2) is 9.83 Å². The van der Waals surface area contributed by atoms with Crippen LogP contribution in [0.15, 0.2) is 27.4 Å². The lowest BCUT2D eigenvalue weighted by Gasteiger charge is -1.85. The molecule has 0 saturated heterocycles. The molecule has 0 fully saturated rings. The van der Waals surface area contributed by atoms with E-state index < -0.39 is 0 Å². The van der Waals surface area contributed by atoms with E-state index in [2.05, 4.69) is 25.8 Å². The van der Waals surface area contributed by atoms with Crippen LogP contribution in [-0.2, 0) is 0 Å². The lowest BCUT2D eigenvalue weighted by atomic mass is 10.3. The van der Waals surface area contributed by atoms with Crippen LogP contribution < -0.4 is 0 Å². The summed E-state index contributed by atoms with van der Waals surface area (Å²) in [4.78, 5) is 7.76. The topological polar surface area (TPSA) is 30.4 Å². The van der Waals surface area contributed by atoms with Crippen molar-refractivity contribution in [3.63, 3.8) is 0 Å². The molecule has 0 unspecified atom stereocenters. The van der Waals surface area contributed by atoms with Gasteiger partial charge in [-0.3, -0.25) is 0 Å². The molecule has 0 amide bonds. The molecule has 0 aliphatic carbocycles. The molecule has 12 heavy (non-hydrogen) atoms. The summed E-state index contributed by atoms with van der Waals surface area (Å²) in [6.07, 6.45) is 0. The lowest BCUT2D eigenvalue weighted by molar-refractivity contribution is 0.570. The highest BCUT2D eigenvalue weighted by atomic mass is 79.9. The second-order valence-corrected chi connectivity index (χ2v) is 2.91. The largest absolute Gasteiger partial charge is 0.431 e. The number of benzene rings is 1. The molecule has 1 heterocycles. The van der Waals surface area contributed by atoms with Gasteiger partial charge >= 0.3 is 0 Å². The Balaban J connectivity index is 2.77. The van der Waals surface area contributed by atoms with Gasteiger partial charge in [-0.05, 0) is 12.1 Å². The van der Waals surface area contributed by atoms with Crippen molar-refractivity contribution in [2.24, 2.45) is 0 Å². The van der Waals surface area contributed by atoms with Crippen molar-refractivity contribution >= 4 is 32.7 Å². The molecule has 0 bridgehead atoms. The van der Waals surface area contributed by atoms with E-state index in [9.17, 15) is 0 Å². The van der Waals surface area contributed by atoms with Gasteiger partial charge in [-0.15, -0.1) is 0 Å². The average molecular weight is 223 g/mol. The highest BCUT2D eigenvalue weighted by Gasteiger charge is 2.02. The highest BCUT2D eigenvalue weighted by Crippen LogP contribution is 2.23. The van der Waals surface area contributed by atoms with Crippen molar-refractivity contribution in [1.82, 2.24) is 4.98 Å². The fourth-order valence-corrected chi connectivity index (χ4v) is 1.32. The first-order valence-corrected chi connectivity index (χ1v) is 4.02. The molecular formula is C8H3BrN2O. The molecule has 4 heteroatoms. The summed E-state index contributed by atoms with van der Waals surface area (Å²) in [5.74, 6) is 0. The van der Waals surface area contributed by atoms with Crippen LogP contribution in [0, 0.1) is 6.57 Å². The Hall–Kier alpha value is -1.34. The molecular weight excluding hydrogens is 220 g/mol. The van der Waals surface area contributed by atoms with Crippen LogP contribution in [0.5, 0.6) is 0 Å². The molecule has 0 atom stereocenters. The van der Waals surface area contributed by atoms with Crippen LogP contribution in [0.3, 0.4) is 0 Å². The standard InChI is InChI=1S/C8H3BrN2O/c1-10-5-2-3-7-6(4-5)11-8(9)12-7/h2-4H. The van der Waals surface area contributed by atoms with Crippen LogP contribution in [0.1, 0.15) is 0 Å². The second-order valence-electron chi connectivity index (χ2n) is 2.23. The maximum atomic E-state index is 6.78. The minimum absolute atomic E-state index is 0.444. The molecule has 0 saturated carbocycles. The van der Waals surface area contributed by atoms with Gasteiger partial charge in [0.15, 0.2) is 11.3 Å². The van der Waals surface area contributed by atoms with Crippen LogP contribution >= 0.6 is 15.9 Å². The number of hydrogen-bond donors (Lipinski definition) is 0. The Kier molecular flexibility index (Phi) is 1.59. The number of oxazole rings is 1. The Morgan fingerprint density at radius 1 is 1.50 bits per heavy atom. The molecule has 0 N–H and O–H groups in total. The van der Waals surface area contributed by atoms with Gasteiger partial charge < -0.3 is 4.42 Å². The number of hydrogen-bond acceptors (Lipinski definition) is 2. The Morgan fingerprint density at radius 3 is 3.08 bits per heavy atom. The average Bonchev–Trinajstić information content (AvgIpc) is 2.43. The van der Waals surface area contributed by atoms with Gasteiger partial charge in [0.1, 0.15) is 0 Å². The summed E-state index contributed by atoms with van der Waals surface area (Å²) >= 11 is 3.12. The summed E-state index contributed by atoms with van der Waals surface area (Å²) < 4.78 is 5.17. The van der Waals surface area contributed by atoms with E-state index in [-0.39, 0.29) is 0 Å². The van der Waals surface area contributed by atoms with E-state index in [1.165, 1.54) is 0 Å². The van der Waals surface area contributed by atoms with E-state index in [1.54, 1.807) is 18.2 Å². The van der Waals surface area contributed by atoms with Crippen molar-refractivity contribution in [3.05, 3.63) is 34.4 Å². The number of halogens is 1. The number of fused-ring (bicyclic) bond motifs is 1.